The van der Waals surface area contributed by atoms with E-state index in [0.29, 0.717) is 6.42 Å². The van der Waals surface area contributed by atoms with Crippen LogP contribution in [0.1, 0.15) is 25.8 Å². The van der Waals surface area contributed by atoms with Gasteiger partial charge in [0.1, 0.15) is 5.54 Å². The lowest BCUT2D eigenvalue weighted by Crippen LogP contribution is -2.47. The SMILES string of the molecule is COC(=O)C(C)(N)CC(C)Sc1ccc(C)cc1. The number of aryl methyl sites for hydroxylation is 1. The van der Waals surface area contributed by atoms with Crippen LogP contribution in [0.4, 0.5) is 0 Å². The number of methoxy groups -OCH3 is 1. The molecule has 1 rings (SSSR count). The molecule has 0 fully saturated rings. The minimum absolute atomic E-state index is 0.252. The zero-order valence-corrected chi connectivity index (χ0v) is 12.2. The number of carbonyl (C=O) groups excluding carboxylic acids is 1. The molecule has 0 aromatic heterocycles. The summed E-state index contributed by atoms with van der Waals surface area (Å²) >= 11 is 1.72. The Balaban J connectivity index is 2.58. The van der Waals surface area contributed by atoms with Gasteiger partial charge in [0.25, 0.3) is 0 Å². The van der Waals surface area contributed by atoms with Crippen LogP contribution in [0.15, 0.2) is 29.2 Å². The smallest absolute Gasteiger partial charge is 0.325 e. The topological polar surface area (TPSA) is 52.3 Å². The van der Waals surface area contributed by atoms with Crippen molar-refractivity contribution < 1.29 is 9.53 Å². The molecule has 100 valence electrons. The van der Waals surface area contributed by atoms with Crippen LogP contribution in [0.25, 0.3) is 0 Å². The van der Waals surface area contributed by atoms with Gasteiger partial charge in [0.15, 0.2) is 0 Å². The van der Waals surface area contributed by atoms with Crippen molar-refractivity contribution in [3.05, 3.63) is 29.8 Å². The van der Waals surface area contributed by atoms with Crippen molar-refractivity contribution in [3.63, 3.8) is 0 Å². The van der Waals surface area contributed by atoms with E-state index in [1.54, 1.807) is 18.7 Å². The molecular formula is C14H21NO2S. The molecule has 3 nitrogen and oxygen atoms in total. The summed E-state index contributed by atoms with van der Waals surface area (Å²) in [4.78, 5) is 12.7. The molecule has 0 aliphatic heterocycles. The summed E-state index contributed by atoms with van der Waals surface area (Å²) in [5.41, 5.74) is 6.28. The highest BCUT2D eigenvalue weighted by atomic mass is 32.2. The van der Waals surface area contributed by atoms with E-state index in [-0.39, 0.29) is 11.2 Å². The highest BCUT2D eigenvalue weighted by Gasteiger charge is 2.31. The Kier molecular flexibility index (Phi) is 5.23. The van der Waals surface area contributed by atoms with Crippen molar-refractivity contribution >= 4 is 17.7 Å². The van der Waals surface area contributed by atoms with Gasteiger partial charge in [-0.2, -0.15) is 0 Å². The summed E-state index contributed by atoms with van der Waals surface area (Å²) in [5.74, 6) is -0.362. The number of ether oxygens (including phenoxy) is 1. The molecule has 0 aliphatic carbocycles. The first-order valence-electron chi connectivity index (χ1n) is 5.96. The normalized spacial score (nSPS) is 15.8. The van der Waals surface area contributed by atoms with Gasteiger partial charge in [-0.1, -0.05) is 24.6 Å². The lowest BCUT2D eigenvalue weighted by molar-refractivity contribution is -0.146. The van der Waals surface area contributed by atoms with E-state index in [0.717, 1.165) is 0 Å². The number of hydrogen-bond acceptors (Lipinski definition) is 4. The van der Waals surface area contributed by atoms with Gasteiger partial charge in [0.2, 0.25) is 0 Å². The predicted octanol–water partition coefficient (Wildman–Crippen LogP) is 2.76. The van der Waals surface area contributed by atoms with Crippen molar-refractivity contribution in [2.75, 3.05) is 7.11 Å². The largest absolute Gasteiger partial charge is 0.468 e. The fourth-order valence-corrected chi connectivity index (χ4v) is 2.99. The van der Waals surface area contributed by atoms with E-state index in [1.807, 2.05) is 0 Å². The Labute approximate surface area is 113 Å². The lowest BCUT2D eigenvalue weighted by atomic mass is 9.98. The molecular weight excluding hydrogens is 246 g/mol. The van der Waals surface area contributed by atoms with Gasteiger partial charge < -0.3 is 10.5 Å². The minimum atomic E-state index is -0.925. The standard InChI is InChI=1S/C14H21NO2S/c1-10-5-7-12(8-6-10)18-11(2)9-14(3,15)13(16)17-4/h5-8,11H,9,15H2,1-4H3. The summed E-state index contributed by atoms with van der Waals surface area (Å²) in [7, 11) is 1.37. The summed E-state index contributed by atoms with van der Waals surface area (Å²) in [6.07, 6.45) is 0.582. The Hall–Kier alpha value is -1.00. The fraction of sp³-hybridized carbons (Fsp3) is 0.500. The predicted molar refractivity (Wildman–Crippen MR) is 75.7 cm³/mol. The van der Waals surface area contributed by atoms with E-state index >= 15 is 0 Å². The Bertz CT molecular complexity index is 401. The first kappa shape index (κ1) is 15.1. The van der Waals surface area contributed by atoms with Gasteiger partial charge in [-0.05, 0) is 32.4 Å². The van der Waals surface area contributed by atoms with Crippen LogP contribution in [0.2, 0.25) is 0 Å². The van der Waals surface area contributed by atoms with Gasteiger partial charge in [0, 0.05) is 10.1 Å². The molecule has 0 amide bonds. The molecule has 2 atom stereocenters. The maximum atomic E-state index is 11.5. The monoisotopic (exact) mass is 267 g/mol. The number of carbonyl (C=O) groups is 1. The average molecular weight is 267 g/mol. The number of esters is 1. The second kappa shape index (κ2) is 6.25. The van der Waals surface area contributed by atoms with Gasteiger partial charge in [-0.3, -0.25) is 4.79 Å². The zero-order chi connectivity index (χ0) is 13.8. The minimum Gasteiger partial charge on any atom is -0.468 e. The molecule has 18 heavy (non-hydrogen) atoms. The molecule has 0 radical (unpaired) electrons. The van der Waals surface area contributed by atoms with Crippen molar-refractivity contribution in [1.29, 1.82) is 0 Å². The van der Waals surface area contributed by atoms with Crippen LogP contribution in [-0.2, 0) is 9.53 Å². The third kappa shape index (κ3) is 4.35. The highest BCUT2D eigenvalue weighted by Crippen LogP contribution is 2.28. The molecule has 0 aliphatic rings. The maximum Gasteiger partial charge on any atom is 0.325 e. The van der Waals surface area contributed by atoms with E-state index < -0.39 is 5.54 Å². The van der Waals surface area contributed by atoms with Gasteiger partial charge in [-0.25, -0.2) is 0 Å². The van der Waals surface area contributed by atoms with E-state index in [2.05, 4.69) is 38.1 Å². The van der Waals surface area contributed by atoms with Crippen LogP contribution < -0.4 is 5.73 Å². The second-order valence-electron chi connectivity index (χ2n) is 4.85. The molecule has 2 N–H and O–H groups in total. The summed E-state index contributed by atoms with van der Waals surface area (Å²) < 4.78 is 4.71. The van der Waals surface area contributed by atoms with Crippen molar-refractivity contribution in [3.8, 4) is 0 Å². The summed E-state index contributed by atoms with van der Waals surface area (Å²) in [6.45, 7) is 5.84. The number of nitrogens with two attached hydrogens (primary N) is 1. The summed E-state index contributed by atoms with van der Waals surface area (Å²) in [5, 5.41) is 0.252. The molecule has 0 bridgehead atoms. The highest BCUT2D eigenvalue weighted by molar-refractivity contribution is 7.99. The lowest BCUT2D eigenvalue weighted by Gasteiger charge is -2.24. The first-order chi connectivity index (χ1) is 8.35. The Morgan fingerprint density at radius 2 is 2.00 bits per heavy atom. The quantitative estimate of drug-likeness (QED) is 0.658. The van der Waals surface area contributed by atoms with Crippen molar-refractivity contribution in [1.82, 2.24) is 0 Å². The Morgan fingerprint density at radius 1 is 1.44 bits per heavy atom. The third-order valence-electron chi connectivity index (χ3n) is 2.72. The fourth-order valence-electron chi connectivity index (χ4n) is 1.80. The number of thioether (sulfide) groups is 1. The molecule has 0 saturated heterocycles. The van der Waals surface area contributed by atoms with E-state index in [9.17, 15) is 4.79 Å². The second-order valence-corrected chi connectivity index (χ2v) is 6.37. The van der Waals surface area contributed by atoms with Gasteiger partial charge in [0.05, 0.1) is 7.11 Å². The zero-order valence-electron chi connectivity index (χ0n) is 11.4. The molecule has 1 aromatic rings. The Morgan fingerprint density at radius 3 is 2.50 bits per heavy atom. The third-order valence-corrected chi connectivity index (χ3v) is 3.83. The van der Waals surface area contributed by atoms with E-state index in [1.165, 1.54) is 17.6 Å². The van der Waals surface area contributed by atoms with Gasteiger partial charge >= 0.3 is 5.97 Å². The maximum absolute atomic E-state index is 11.5. The van der Waals surface area contributed by atoms with Crippen LogP contribution in [0.3, 0.4) is 0 Å². The number of benzene rings is 1. The molecule has 1 aromatic carbocycles. The number of rotatable bonds is 5. The molecule has 2 unspecified atom stereocenters. The molecule has 0 heterocycles. The summed E-state index contributed by atoms with van der Waals surface area (Å²) in [6, 6.07) is 8.33. The van der Waals surface area contributed by atoms with Crippen LogP contribution in [0, 0.1) is 6.92 Å². The molecule has 4 heteroatoms. The first-order valence-corrected chi connectivity index (χ1v) is 6.84. The molecule has 0 saturated carbocycles. The van der Waals surface area contributed by atoms with Crippen LogP contribution >= 0.6 is 11.8 Å². The number of hydrogen-bond donors (Lipinski definition) is 1. The van der Waals surface area contributed by atoms with Crippen LogP contribution in [0.5, 0.6) is 0 Å². The van der Waals surface area contributed by atoms with Crippen molar-refractivity contribution in [2.45, 2.75) is 42.9 Å². The van der Waals surface area contributed by atoms with Crippen molar-refractivity contribution in [2.24, 2.45) is 5.73 Å². The van der Waals surface area contributed by atoms with Gasteiger partial charge in [-0.15, -0.1) is 11.8 Å². The molecule has 0 spiro atoms. The van der Waals surface area contributed by atoms with Crippen LogP contribution in [-0.4, -0.2) is 23.9 Å². The van der Waals surface area contributed by atoms with E-state index in [4.69, 9.17) is 10.5 Å². The average Bonchev–Trinajstić information content (AvgIpc) is 2.30.